The van der Waals surface area contributed by atoms with E-state index in [-0.39, 0.29) is 11.9 Å². The monoisotopic (exact) mass is 187 g/mol. The molecule has 1 aromatic rings. The fourth-order valence-electron chi connectivity index (χ4n) is 1.19. The Morgan fingerprint density at radius 2 is 2.00 bits per heavy atom. The lowest BCUT2D eigenvalue weighted by Gasteiger charge is -1.92. The first-order chi connectivity index (χ1) is 6.75. The van der Waals surface area contributed by atoms with Crippen LogP contribution in [-0.2, 0) is 4.79 Å². The summed E-state index contributed by atoms with van der Waals surface area (Å²) in [5.74, 6) is -0.108. The number of aliphatic imine (C=N–C) groups is 1. The van der Waals surface area contributed by atoms with Crippen LogP contribution >= 0.6 is 0 Å². The lowest BCUT2D eigenvalue weighted by Crippen LogP contribution is -2.30. The molecule has 14 heavy (non-hydrogen) atoms. The molecule has 0 saturated carbocycles. The van der Waals surface area contributed by atoms with Gasteiger partial charge < -0.3 is 5.73 Å². The molecular formula is C10H9N3O. The topological polar surface area (TPSA) is 67.5 Å². The molecule has 3 N–H and O–H groups in total. The summed E-state index contributed by atoms with van der Waals surface area (Å²) >= 11 is 0. The lowest BCUT2D eigenvalue weighted by molar-refractivity contribution is -0.115. The number of hydrogen-bond donors (Lipinski definition) is 2. The van der Waals surface area contributed by atoms with Crippen molar-refractivity contribution >= 4 is 17.9 Å². The van der Waals surface area contributed by atoms with Gasteiger partial charge in [0.15, 0.2) is 0 Å². The van der Waals surface area contributed by atoms with Crippen molar-refractivity contribution in [2.45, 2.75) is 0 Å². The molecule has 0 saturated heterocycles. The fraction of sp³-hybridized carbons (Fsp3) is 0. The van der Waals surface area contributed by atoms with Crippen molar-refractivity contribution in [3.63, 3.8) is 0 Å². The van der Waals surface area contributed by atoms with Crippen LogP contribution in [0.3, 0.4) is 0 Å². The van der Waals surface area contributed by atoms with Gasteiger partial charge in [-0.1, -0.05) is 30.3 Å². The number of nitrogens with one attached hydrogen (secondary N) is 1. The molecule has 0 unspecified atom stereocenters. The standard InChI is InChI=1S/C10H9N3O/c11-10-12-8(9(14)13-10)6-7-4-2-1-3-5-7/h1-6H,(H3,11,12,13,14)/b8-6-. The normalized spacial score (nSPS) is 18.1. The van der Waals surface area contributed by atoms with Crippen LogP contribution in [0, 0.1) is 0 Å². The Bertz CT molecular complexity index is 420. The Labute approximate surface area is 81.1 Å². The average Bonchev–Trinajstić information content (AvgIpc) is 2.47. The molecule has 0 aliphatic carbocycles. The molecule has 2 rings (SSSR count). The van der Waals surface area contributed by atoms with Crippen molar-refractivity contribution in [3.8, 4) is 0 Å². The Kier molecular flexibility index (Phi) is 2.02. The van der Waals surface area contributed by atoms with Gasteiger partial charge in [-0.05, 0) is 11.6 Å². The zero-order chi connectivity index (χ0) is 9.97. The smallest absolute Gasteiger partial charge is 0.276 e. The third kappa shape index (κ3) is 1.64. The molecule has 0 fully saturated rings. The van der Waals surface area contributed by atoms with E-state index in [0.29, 0.717) is 5.70 Å². The molecule has 70 valence electrons. The summed E-state index contributed by atoms with van der Waals surface area (Å²) in [7, 11) is 0. The molecule has 0 spiro atoms. The average molecular weight is 187 g/mol. The molecule has 1 amide bonds. The molecular weight excluding hydrogens is 178 g/mol. The van der Waals surface area contributed by atoms with Crippen LogP contribution in [0.2, 0.25) is 0 Å². The molecule has 1 heterocycles. The van der Waals surface area contributed by atoms with E-state index in [1.54, 1.807) is 6.08 Å². The zero-order valence-electron chi connectivity index (χ0n) is 7.40. The van der Waals surface area contributed by atoms with Crippen LogP contribution < -0.4 is 11.1 Å². The predicted molar refractivity (Wildman–Crippen MR) is 54.2 cm³/mol. The van der Waals surface area contributed by atoms with Gasteiger partial charge in [0.25, 0.3) is 5.91 Å². The van der Waals surface area contributed by atoms with Crippen LogP contribution in [0.1, 0.15) is 5.56 Å². The zero-order valence-corrected chi connectivity index (χ0v) is 7.40. The van der Waals surface area contributed by atoms with E-state index >= 15 is 0 Å². The molecule has 0 bridgehead atoms. The highest BCUT2D eigenvalue weighted by atomic mass is 16.2. The third-order valence-electron chi connectivity index (χ3n) is 1.82. The lowest BCUT2D eigenvalue weighted by atomic mass is 10.2. The number of carbonyl (C=O) groups is 1. The van der Waals surface area contributed by atoms with Crippen LogP contribution in [0.15, 0.2) is 41.0 Å². The Morgan fingerprint density at radius 3 is 2.57 bits per heavy atom. The highest BCUT2D eigenvalue weighted by Gasteiger charge is 2.16. The summed E-state index contributed by atoms with van der Waals surface area (Å²) in [6.45, 7) is 0. The minimum Gasteiger partial charge on any atom is -0.369 e. The molecule has 1 aliphatic heterocycles. The molecule has 4 heteroatoms. The SMILES string of the molecule is NC1=N/C(=C\c2ccccc2)C(=O)N1. The Balaban J connectivity index is 2.32. The number of nitrogens with two attached hydrogens (primary N) is 1. The van der Waals surface area contributed by atoms with E-state index in [4.69, 9.17) is 5.73 Å². The highest BCUT2D eigenvalue weighted by Crippen LogP contribution is 2.10. The van der Waals surface area contributed by atoms with E-state index in [1.165, 1.54) is 0 Å². The van der Waals surface area contributed by atoms with Crippen molar-refractivity contribution in [1.29, 1.82) is 0 Å². The van der Waals surface area contributed by atoms with Crippen LogP contribution in [-0.4, -0.2) is 11.9 Å². The van der Waals surface area contributed by atoms with E-state index in [9.17, 15) is 4.79 Å². The number of rotatable bonds is 1. The first-order valence-corrected chi connectivity index (χ1v) is 4.18. The van der Waals surface area contributed by atoms with Gasteiger partial charge in [-0.3, -0.25) is 10.1 Å². The second-order valence-corrected chi connectivity index (χ2v) is 2.89. The minimum absolute atomic E-state index is 0.150. The maximum absolute atomic E-state index is 11.2. The summed E-state index contributed by atoms with van der Waals surface area (Å²) in [6, 6.07) is 9.49. The van der Waals surface area contributed by atoms with E-state index < -0.39 is 0 Å². The van der Waals surface area contributed by atoms with E-state index in [0.717, 1.165) is 5.56 Å². The highest BCUT2D eigenvalue weighted by molar-refractivity contribution is 6.13. The molecule has 1 aromatic carbocycles. The first kappa shape index (κ1) is 8.50. The maximum atomic E-state index is 11.2. The molecule has 4 nitrogen and oxygen atoms in total. The van der Waals surface area contributed by atoms with Gasteiger partial charge in [-0.25, -0.2) is 4.99 Å². The second kappa shape index (κ2) is 3.33. The molecule has 0 atom stereocenters. The van der Waals surface area contributed by atoms with Gasteiger partial charge in [-0.15, -0.1) is 0 Å². The Hall–Kier alpha value is -2.10. The Morgan fingerprint density at radius 1 is 1.29 bits per heavy atom. The third-order valence-corrected chi connectivity index (χ3v) is 1.82. The van der Waals surface area contributed by atoms with E-state index in [1.807, 2.05) is 30.3 Å². The van der Waals surface area contributed by atoms with Gasteiger partial charge in [0.2, 0.25) is 5.96 Å². The summed E-state index contributed by atoms with van der Waals surface area (Å²) in [5, 5.41) is 2.41. The second-order valence-electron chi connectivity index (χ2n) is 2.89. The molecule has 0 aromatic heterocycles. The van der Waals surface area contributed by atoms with Crippen LogP contribution in [0.4, 0.5) is 0 Å². The summed E-state index contributed by atoms with van der Waals surface area (Å²) in [6.07, 6.45) is 1.69. The van der Waals surface area contributed by atoms with Crippen molar-refractivity contribution in [1.82, 2.24) is 5.32 Å². The number of amides is 1. The summed E-state index contributed by atoms with van der Waals surface area (Å²) in [5.41, 5.74) is 6.61. The summed E-state index contributed by atoms with van der Waals surface area (Å²) < 4.78 is 0. The molecule has 0 radical (unpaired) electrons. The maximum Gasteiger partial charge on any atom is 0.276 e. The summed E-state index contributed by atoms with van der Waals surface area (Å²) in [4.78, 5) is 15.1. The van der Waals surface area contributed by atoms with Gasteiger partial charge in [0.1, 0.15) is 5.70 Å². The van der Waals surface area contributed by atoms with Gasteiger partial charge in [-0.2, -0.15) is 0 Å². The van der Waals surface area contributed by atoms with Gasteiger partial charge in [0, 0.05) is 0 Å². The number of guanidine groups is 1. The minimum atomic E-state index is -0.258. The number of benzene rings is 1. The first-order valence-electron chi connectivity index (χ1n) is 4.18. The van der Waals surface area contributed by atoms with Crippen molar-refractivity contribution in [2.24, 2.45) is 10.7 Å². The number of nitrogens with zero attached hydrogens (tertiary/aromatic N) is 1. The quantitative estimate of drug-likeness (QED) is 0.627. The van der Waals surface area contributed by atoms with Crippen LogP contribution in [0.5, 0.6) is 0 Å². The van der Waals surface area contributed by atoms with Crippen molar-refractivity contribution in [2.75, 3.05) is 0 Å². The van der Waals surface area contributed by atoms with E-state index in [2.05, 4.69) is 10.3 Å². The largest absolute Gasteiger partial charge is 0.369 e. The van der Waals surface area contributed by atoms with Crippen molar-refractivity contribution in [3.05, 3.63) is 41.6 Å². The number of hydrogen-bond acceptors (Lipinski definition) is 3. The van der Waals surface area contributed by atoms with Crippen LogP contribution in [0.25, 0.3) is 6.08 Å². The molecule has 1 aliphatic rings. The number of carbonyl (C=O) groups excluding carboxylic acids is 1. The van der Waals surface area contributed by atoms with Gasteiger partial charge in [0.05, 0.1) is 0 Å². The van der Waals surface area contributed by atoms with Crippen molar-refractivity contribution < 1.29 is 4.79 Å². The fourth-order valence-corrected chi connectivity index (χ4v) is 1.19. The van der Waals surface area contributed by atoms with Gasteiger partial charge >= 0.3 is 0 Å². The predicted octanol–water partition coefficient (Wildman–Crippen LogP) is 0.472.